The van der Waals surface area contributed by atoms with Crippen molar-refractivity contribution in [3.8, 4) is 0 Å². The van der Waals surface area contributed by atoms with Crippen molar-refractivity contribution in [1.82, 2.24) is 15.1 Å². The minimum absolute atomic E-state index is 0.0567. The van der Waals surface area contributed by atoms with Crippen LogP contribution in [0.3, 0.4) is 0 Å². The number of hydrogen-bond donors (Lipinski definition) is 1. The summed E-state index contributed by atoms with van der Waals surface area (Å²) in [6, 6.07) is 6.88. The summed E-state index contributed by atoms with van der Waals surface area (Å²) in [5, 5.41) is 2.92. The summed E-state index contributed by atoms with van der Waals surface area (Å²) in [4.78, 5) is 16.1. The zero-order valence-electron chi connectivity index (χ0n) is 13.4. The summed E-state index contributed by atoms with van der Waals surface area (Å²) in [5.74, 6) is -0.163. The van der Waals surface area contributed by atoms with Crippen LogP contribution in [0.5, 0.6) is 0 Å². The smallest absolute Gasteiger partial charge is 0.317 e. The molecule has 5 heteroatoms. The van der Waals surface area contributed by atoms with E-state index in [9.17, 15) is 9.18 Å². The summed E-state index contributed by atoms with van der Waals surface area (Å²) in [6.45, 7) is 7.21. The van der Waals surface area contributed by atoms with Crippen molar-refractivity contribution in [1.29, 1.82) is 0 Å². The molecule has 22 heavy (non-hydrogen) atoms. The van der Waals surface area contributed by atoms with Crippen molar-refractivity contribution in [3.63, 3.8) is 0 Å². The summed E-state index contributed by atoms with van der Waals surface area (Å²) >= 11 is 0. The predicted octanol–water partition coefficient (Wildman–Crippen LogP) is 2.50. The average molecular weight is 307 g/mol. The highest BCUT2D eigenvalue weighted by molar-refractivity contribution is 5.74. The first-order chi connectivity index (χ1) is 10.7. The largest absolute Gasteiger partial charge is 0.338 e. The molecule has 1 aromatic rings. The minimum atomic E-state index is -0.163. The molecular weight excluding hydrogens is 281 g/mol. The Morgan fingerprint density at radius 1 is 1.27 bits per heavy atom. The number of carbonyl (C=O) groups excluding carboxylic acids is 1. The molecule has 1 N–H and O–H groups in total. The van der Waals surface area contributed by atoms with E-state index >= 15 is 0 Å². The lowest BCUT2D eigenvalue weighted by molar-refractivity contribution is 0.138. The fourth-order valence-corrected chi connectivity index (χ4v) is 2.72. The molecule has 0 saturated carbocycles. The standard InChI is InChI=1S/C17H26FN3O/c1-2-8-19-17(22)21-12-10-20(11-13-21)9-4-6-15-5-3-7-16(18)14-15/h3,5,7,14H,2,4,6,8-13H2,1H3,(H,19,22). The molecule has 1 aromatic carbocycles. The Labute approximate surface area is 132 Å². The molecule has 2 rings (SSSR count). The maximum atomic E-state index is 13.1. The second-order valence-corrected chi connectivity index (χ2v) is 5.79. The molecule has 0 spiro atoms. The van der Waals surface area contributed by atoms with Gasteiger partial charge in [0.2, 0.25) is 0 Å². The third kappa shape index (κ3) is 5.30. The van der Waals surface area contributed by atoms with Gasteiger partial charge in [0.25, 0.3) is 0 Å². The number of nitrogens with one attached hydrogen (secondary N) is 1. The zero-order chi connectivity index (χ0) is 15.8. The molecule has 122 valence electrons. The molecule has 2 amide bonds. The van der Waals surface area contributed by atoms with Crippen molar-refractivity contribution >= 4 is 6.03 Å². The average Bonchev–Trinajstić information content (AvgIpc) is 2.53. The molecule has 0 unspecified atom stereocenters. The second kappa shape index (κ2) is 8.73. The van der Waals surface area contributed by atoms with Crippen LogP contribution in [0.1, 0.15) is 25.3 Å². The van der Waals surface area contributed by atoms with Crippen LogP contribution >= 0.6 is 0 Å². The van der Waals surface area contributed by atoms with Gasteiger partial charge < -0.3 is 10.2 Å². The number of hydrogen-bond acceptors (Lipinski definition) is 2. The van der Waals surface area contributed by atoms with Gasteiger partial charge >= 0.3 is 6.03 Å². The predicted molar refractivity (Wildman–Crippen MR) is 86.4 cm³/mol. The van der Waals surface area contributed by atoms with Crippen molar-refractivity contribution in [3.05, 3.63) is 35.6 Å². The van der Waals surface area contributed by atoms with Gasteiger partial charge in [-0.05, 0) is 43.5 Å². The van der Waals surface area contributed by atoms with E-state index < -0.39 is 0 Å². The molecule has 4 nitrogen and oxygen atoms in total. The molecule has 0 aliphatic carbocycles. The molecular formula is C17H26FN3O. The molecule has 1 aliphatic heterocycles. The van der Waals surface area contributed by atoms with Gasteiger partial charge in [0.15, 0.2) is 0 Å². The monoisotopic (exact) mass is 307 g/mol. The Morgan fingerprint density at radius 3 is 2.73 bits per heavy atom. The summed E-state index contributed by atoms with van der Waals surface area (Å²) in [6.07, 6.45) is 2.88. The Kier molecular flexibility index (Phi) is 6.65. The SMILES string of the molecule is CCCNC(=O)N1CCN(CCCc2cccc(F)c2)CC1. The summed E-state index contributed by atoms with van der Waals surface area (Å²) in [5.41, 5.74) is 1.05. The van der Waals surface area contributed by atoms with Gasteiger partial charge in [0.05, 0.1) is 0 Å². The van der Waals surface area contributed by atoms with E-state index in [1.807, 2.05) is 11.0 Å². The molecule has 0 aromatic heterocycles. The second-order valence-electron chi connectivity index (χ2n) is 5.79. The van der Waals surface area contributed by atoms with Crippen molar-refractivity contribution in [2.24, 2.45) is 0 Å². The lowest BCUT2D eigenvalue weighted by Gasteiger charge is -2.34. The highest BCUT2D eigenvalue weighted by Crippen LogP contribution is 2.08. The van der Waals surface area contributed by atoms with Crippen LogP contribution in [0.25, 0.3) is 0 Å². The van der Waals surface area contributed by atoms with Crippen LogP contribution in [0.4, 0.5) is 9.18 Å². The van der Waals surface area contributed by atoms with Gasteiger partial charge in [0, 0.05) is 32.7 Å². The number of urea groups is 1. The molecule has 0 bridgehead atoms. The highest BCUT2D eigenvalue weighted by atomic mass is 19.1. The first-order valence-corrected chi connectivity index (χ1v) is 8.18. The molecule has 0 radical (unpaired) electrons. The summed E-state index contributed by atoms with van der Waals surface area (Å²) < 4.78 is 13.1. The Morgan fingerprint density at radius 2 is 2.05 bits per heavy atom. The van der Waals surface area contributed by atoms with Gasteiger partial charge in [-0.15, -0.1) is 0 Å². The first kappa shape index (κ1) is 16.7. The fraction of sp³-hybridized carbons (Fsp3) is 0.588. The molecule has 1 aliphatic rings. The maximum Gasteiger partial charge on any atom is 0.317 e. The number of aryl methyl sites for hydroxylation is 1. The van der Waals surface area contributed by atoms with Crippen LogP contribution in [-0.4, -0.2) is 55.1 Å². The first-order valence-electron chi connectivity index (χ1n) is 8.18. The Hall–Kier alpha value is -1.62. The van der Waals surface area contributed by atoms with Crippen molar-refractivity contribution < 1.29 is 9.18 Å². The zero-order valence-corrected chi connectivity index (χ0v) is 13.4. The Bertz CT molecular complexity index is 473. The molecule has 0 atom stereocenters. The number of benzene rings is 1. The van der Waals surface area contributed by atoms with Crippen molar-refractivity contribution in [2.75, 3.05) is 39.3 Å². The van der Waals surface area contributed by atoms with Crippen LogP contribution < -0.4 is 5.32 Å². The molecule has 1 saturated heterocycles. The van der Waals surface area contributed by atoms with E-state index in [4.69, 9.17) is 0 Å². The van der Waals surface area contributed by atoms with Crippen molar-refractivity contribution in [2.45, 2.75) is 26.2 Å². The van der Waals surface area contributed by atoms with Gasteiger partial charge in [0.1, 0.15) is 5.82 Å². The number of carbonyl (C=O) groups is 1. The number of halogens is 1. The normalized spacial score (nSPS) is 15.8. The van der Waals surface area contributed by atoms with E-state index in [-0.39, 0.29) is 11.8 Å². The number of piperazine rings is 1. The van der Waals surface area contributed by atoms with E-state index in [0.29, 0.717) is 0 Å². The topological polar surface area (TPSA) is 35.6 Å². The quantitative estimate of drug-likeness (QED) is 0.876. The van der Waals surface area contributed by atoms with Crippen LogP contribution in [0, 0.1) is 5.82 Å². The minimum Gasteiger partial charge on any atom is -0.338 e. The molecule has 1 heterocycles. The van der Waals surface area contributed by atoms with Gasteiger partial charge in [-0.3, -0.25) is 4.90 Å². The lowest BCUT2D eigenvalue weighted by atomic mass is 10.1. The highest BCUT2D eigenvalue weighted by Gasteiger charge is 2.20. The van der Waals surface area contributed by atoms with Gasteiger partial charge in [-0.1, -0.05) is 19.1 Å². The molecule has 1 fully saturated rings. The third-order valence-electron chi connectivity index (χ3n) is 4.01. The maximum absolute atomic E-state index is 13.1. The fourth-order valence-electron chi connectivity index (χ4n) is 2.72. The van der Waals surface area contributed by atoms with E-state index in [0.717, 1.165) is 64.1 Å². The van der Waals surface area contributed by atoms with E-state index in [2.05, 4.69) is 17.1 Å². The van der Waals surface area contributed by atoms with Crippen LogP contribution in [-0.2, 0) is 6.42 Å². The van der Waals surface area contributed by atoms with Crippen LogP contribution in [0.2, 0.25) is 0 Å². The third-order valence-corrected chi connectivity index (χ3v) is 4.01. The van der Waals surface area contributed by atoms with E-state index in [1.165, 1.54) is 6.07 Å². The van der Waals surface area contributed by atoms with E-state index in [1.54, 1.807) is 12.1 Å². The number of rotatable bonds is 6. The van der Waals surface area contributed by atoms with Crippen LogP contribution in [0.15, 0.2) is 24.3 Å². The Balaban J connectivity index is 1.64. The van der Waals surface area contributed by atoms with Gasteiger partial charge in [-0.25, -0.2) is 9.18 Å². The van der Waals surface area contributed by atoms with Gasteiger partial charge in [-0.2, -0.15) is 0 Å². The summed E-state index contributed by atoms with van der Waals surface area (Å²) in [7, 11) is 0. The lowest BCUT2D eigenvalue weighted by Crippen LogP contribution is -2.52. The number of amides is 2. The number of nitrogens with zero attached hydrogens (tertiary/aromatic N) is 2.